The van der Waals surface area contributed by atoms with Crippen molar-refractivity contribution >= 4 is 11.6 Å². The highest BCUT2D eigenvalue weighted by Crippen LogP contribution is 2.40. The number of benzene rings is 1. The second-order valence-corrected chi connectivity index (χ2v) is 5.40. The summed E-state index contributed by atoms with van der Waals surface area (Å²) < 4.78 is 11.3. The van der Waals surface area contributed by atoms with Gasteiger partial charge in [-0.3, -0.25) is 4.98 Å². The summed E-state index contributed by atoms with van der Waals surface area (Å²) in [6.07, 6.45) is 2.53. The van der Waals surface area contributed by atoms with Crippen molar-refractivity contribution in [3.8, 4) is 11.5 Å². The van der Waals surface area contributed by atoms with Gasteiger partial charge in [-0.25, -0.2) is 0 Å². The van der Waals surface area contributed by atoms with E-state index >= 15 is 0 Å². The third-order valence-electron chi connectivity index (χ3n) is 3.30. The van der Waals surface area contributed by atoms with Gasteiger partial charge in [0.15, 0.2) is 11.5 Å². The lowest BCUT2D eigenvalue weighted by atomic mass is 10.0. The quantitative estimate of drug-likeness (QED) is 0.808. The number of ether oxygens (including phenoxy) is 2. The van der Waals surface area contributed by atoms with Gasteiger partial charge in [0, 0.05) is 23.9 Å². The van der Waals surface area contributed by atoms with E-state index in [9.17, 15) is 0 Å². The molecule has 1 aliphatic heterocycles. The van der Waals surface area contributed by atoms with Crippen molar-refractivity contribution in [1.82, 2.24) is 4.98 Å². The van der Waals surface area contributed by atoms with Crippen LogP contribution in [-0.2, 0) is 6.42 Å². The molecule has 104 valence electrons. The summed E-state index contributed by atoms with van der Waals surface area (Å²) in [6.45, 7) is 3.17. The molecule has 3 rings (SSSR count). The standard InChI is InChI=1S/C16H16ClNO2/c1-11-5-6-12(18-10-11)9-14(17)13-3-2-4-15-16(13)20-8-7-19-15/h2-6,10,14H,7-9H2,1H3. The Morgan fingerprint density at radius 1 is 1.20 bits per heavy atom. The lowest BCUT2D eigenvalue weighted by Gasteiger charge is -2.22. The van der Waals surface area contributed by atoms with E-state index in [1.807, 2.05) is 43.5 Å². The zero-order valence-electron chi connectivity index (χ0n) is 11.3. The van der Waals surface area contributed by atoms with Crippen LogP contribution in [0.2, 0.25) is 0 Å². The maximum Gasteiger partial charge on any atom is 0.166 e. The van der Waals surface area contributed by atoms with E-state index in [2.05, 4.69) is 4.98 Å². The summed E-state index contributed by atoms with van der Waals surface area (Å²) in [7, 11) is 0. The van der Waals surface area contributed by atoms with Crippen LogP contribution < -0.4 is 9.47 Å². The molecule has 2 aromatic rings. The van der Waals surface area contributed by atoms with E-state index in [-0.39, 0.29) is 5.38 Å². The number of aryl methyl sites for hydroxylation is 1. The van der Waals surface area contributed by atoms with E-state index in [4.69, 9.17) is 21.1 Å². The summed E-state index contributed by atoms with van der Waals surface area (Å²) in [4.78, 5) is 4.40. The number of rotatable bonds is 3. The fraction of sp³-hybridized carbons (Fsp3) is 0.312. The molecule has 1 aromatic heterocycles. The van der Waals surface area contributed by atoms with Gasteiger partial charge in [-0.2, -0.15) is 0 Å². The molecule has 0 saturated carbocycles. The normalized spacial score (nSPS) is 14.9. The molecule has 2 heterocycles. The maximum atomic E-state index is 6.54. The lowest BCUT2D eigenvalue weighted by Crippen LogP contribution is -2.17. The SMILES string of the molecule is Cc1ccc(CC(Cl)c2cccc3c2OCCO3)nc1. The molecule has 20 heavy (non-hydrogen) atoms. The van der Waals surface area contributed by atoms with Crippen LogP contribution >= 0.6 is 11.6 Å². The van der Waals surface area contributed by atoms with Gasteiger partial charge in [0.05, 0.1) is 5.38 Å². The van der Waals surface area contributed by atoms with Crippen LogP contribution in [0.25, 0.3) is 0 Å². The van der Waals surface area contributed by atoms with Crippen LogP contribution in [0.1, 0.15) is 22.2 Å². The van der Waals surface area contributed by atoms with Crippen molar-refractivity contribution < 1.29 is 9.47 Å². The number of alkyl halides is 1. The van der Waals surface area contributed by atoms with Crippen LogP contribution in [-0.4, -0.2) is 18.2 Å². The minimum Gasteiger partial charge on any atom is -0.486 e. The number of hydrogen-bond donors (Lipinski definition) is 0. The Labute approximate surface area is 123 Å². The largest absolute Gasteiger partial charge is 0.486 e. The molecule has 0 amide bonds. The number of nitrogens with zero attached hydrogens (tertiary/aromatic N) is 1. The van der Waals surface area contributed by atoms with Crippen molar-refractivity contribution in [2.45, 2.75) is 18.7 Å². The summed E-state index contributed by atoms with van der Waals surface area (Å²) in [6, 6.07) is 9.90. The maximum absolute atomic E-state index is 6.54. The Morgan fingerprint density at radius 2 is 2.05 bits per heavy atom. The molecule has 0 aliphatic carbocycles. The van der Waals surface area contributed by atoms with Gasteiger partial charge >= 0.3 is 0 Å². The Morgan fingerprint density at radius 3 is 2.85 bits per heavy atom. The molecular weight excluding hydrogens is 274 g/mol. The zero-order chi connectivity index (χ0) is 13.9. The second kappa shape index (κ2) is 5.71. The van der Waals surface area contributed by atoms with Crippen molar-refractivity contribution in [2.24, 2.45) is 0 Å². The minimum atomic E-state index is -0.179. The van der Waals surface area contributed by atoms with E-state index in [0.29, 0.717) is 19.6 Å². The number of para-hydroxylation sites is 1. The second-order valence-electron chi connectivity index (χ2n) is 4.87. The molecule has 0 N–H and O–H groups in total. The van der Waals surface area contributed by atoms with Gasteiger partial charge in [0.1, 0.15) is 13.2 Å². The summed E-state index contributed by atoms with van der Waals surface area (Å²) in [5, 5.41) is -0.179. The predicted molar refractivity (Wildman–Crippen MR) is 78.7 cm³/mol. The molecule has 3 nitrogen and oxygen atoms in total. The molecule has 1 aromatic carbocycles. The highest BCUT2D eigenvalue weighted by Gasteiger charge is 2.21. The third-order valence-corrected chi connectivity index (χ3v) is 3.68. The molecule has 4 heteroatoms. The van der Waals surface area contributed by atoms with E-state index in [0.717, 1.165) is 28.3 Å². The van der Waals surface area contributed by atoms with Crippen molar-refractivity contribution in [2.75, 3.05) is 13.2 Å². The molecule has 0 spiro atoms. The average Bonchev–Trinajstić information content (AvgIpc) is 2.49. The summed E-state index contributed by atoms with van der Waals surface area (Å²) >= 11 is 6.54. The Bertz CT molecular complexity index is 598. The molecule has 1 atom stereocenters. The van der Waals surface area contributed by atoms with Gasteiger partial charge < -0.3 is 9.47 Å². The lowest BCUT2D eigenvalue weighted by molar-refractivity contribution is 0.170. The minimum absolute atomic E-state index is 0.179. The molecule has 0 bridgehead atoms. The first-order valence-corrected chi connectivity index (χ1v) is 7.12. The Kier molecular flexibility index (Phi) is 3.79. The monoisotopic (exact) mass is 289 g/mol. The highest BCUT2D eigenvalue weighted by molar-refractivity contribution is 6.21. The van der Waals surface area contributed by atoms with Gasteiger partial charge in [0.25, 0.3) is 0 Å². The molecule has 1 aliphatic rings. The molecular formula is C16H16ClNO2. The summed E-state index contributed by atoms with van der Waals surface area (Å²) in [5.41, 5.74) is 3.09. The number of hydrogen-bond acceptors (Lipinski definition) is 3. The van der Waals surface area contributed by atoms with Gasteiger partial charge in [-0.05, 0) is 24.6 Å². The summed E-state index contributed by atoms with van der Waals surface area (Å²) in [5.74, 6) is 1.54. The zero-order valence-corrected chi connectivity index (χ0v) is 12.1. The van der Waals surface area contributed by atoms with Crippen LogP contribution in [0.5, 0.6) is 11.5 Å². The first-order chi connectivity index (χ1) is 9.74. The van der Waals surface area contributed by atoms with Crippen LogP contribution in [0.4, 0.5) is 0 Å². The highest BCUT2D eigenvalue weighted by atomic mass is 35.5. The molecule has 0 radical (unpaired) electrons. The predicted octanol–water partition coefficient (Wildman–Crippen LogP) is 3.68. The fourth-order valence-electron chi connectivity index (χ4n) is 2.26. The Hall–Kier alpha value is -1.74. The first-order valence-electron chi connectivity index (χ1n) is 6.68. The molecule has 0 fully saturated rings. The van der Waals surface area contributed by atoms with Gasteiger partial charge in [-0.1, -0.05) is 18.2 Å². The van der Waals surface area contributed by atoms with Crippen molar-refractivity contribution in [3.05, 3.63) is 53.3 Å². The first kappa shape index (κ1) is 13.3. The van der Waals surface area contributed by atoms with Crippen LogP contribution in [0.15, 0.2) is 36.5 Å². The number of fused-ring (bicyclic) bond motifs is 1. The molecule has 0 saturated heterocycles. The topological polar surface area (TPSA) is 31.4 Å². The van der Waals surface area contributed by atoms with Crippen molar-refractivity contribution in [1.29, 1.82) is 0 Å². The average molecular weight is 290 g/mol. The van der Waals surface area contributed by atoms with E-state index in [1.165, 1.54) is 0 Å². The molecule has 1 unspecified atom stereocenters. The van der Waals surface area contributed by atoms with E-state index < -0.39 is 0 Å². The van der Waals surface area contributed by atoms with Crippen LogP contribution in [0.3, 0.4) is 0 Å². The third kappa shape index (κ3) is 2.73. The number of aromatic nitrogens is 1. The smallest absolute Gasteiger partial charge is 0.166 e. The number of halogens is 1. The fourth-order valence-corrected chi connectivity index (χ4v) is 2.59. The van der Waals surface area contributed by atoms with E-state index in [1.54, 1.807) is 0 Å². The van der Waals surface area contributed by atoms with Gasteiger partial charge in [0.2, 0.25) is 0 Å². The van der Waals surface area contributed by atoms with Gasteiger partial charge in [-0.15, -0.1) is 11.6 Å². The Balaban J connectivity index is 1.83. The number of pyridine rings is 1. The van der Waals surface area contributed by atoms with Crippen molar-refractivity contribution in [3.63, 3.8) is 0 Å². The van der Waals surface area contributed by atoms with Crippen LogP contribution in [0, 0.1) is 6.92 Å².